The smallest absolute Gasteiger partial charge is 0.329 e. The van der Waals surface area contributed by atoms with Gasteiger partial charge in [0.15, 0.2) is 0 Å². The molecule has 0 spiro atoms. The maximum atomic E-state index is 11.4. The number of rotatable bonds is 6. The molecular weight excluding hydrogens is 258 g/mol. The van der Waals surface area contributed by atoms with Crippen molar-refractivity contribution in [2.24, 2.45) is 5.10 Å². The first kappa shape index (κ1) is 15.7. The van der Waals surface area contributed by atoms with Crippen molar-refractivity contribution in [3.05, 3.63) is 29.8 Å². The number of amides is 2. The molecule has 0 aliphatic rings. The molecule has 0 atom stereocenters. The van der Waals surface area contributed by atoms with E-state index in [4.69, 9.17) is 4.74 Å². The summed E-state index contributed by atoms with van der Waals surface area (Å²) in [5.74, 6) is -0.833. The number of unbranched alkanes of at least 4 members (excludes halogenated alkanes) is 1. The molecule has 6 heteroatoms. The Morgan fingerprint density at radius 1 is 1.30 bits per heavy atom. The molecule has 20 heavy (non-hydrogen) atoms. The van der Waals surface area contributed by atoms with E-state index in [1.807, 2.05) is 19.1 Å². The summed E-state index contributed by atoms with van der Waals surface area (Å²) in [5, 5.41) is 6.24. The van der Waals surface area contributed by atoms with Crippen molar-refractivity contribution in [2.45, 2.75) is 19.8 Å². The molecule has 0 aromatic heterocycles. The highest BCUT2D eigenvalue weighted by atomic mass is 16.5. The molecule has 0 aliphatic carbocycles. The van der Waals surface area contributed by atoms with E-state index in [0.717, 1.165) is 12.8 Å². The summed E-state index contributed by atoms with van der Waals surface area (Å²) in [7, 11) is 1.55. The molecule has 2 amide bonds. The van der Waals surface area contributed by atoms with Crippen LogP contribution in [0.15, 0.2) is 29.4 Å². The number of methoxy groups -OCH3 is 1. The summed E-state index contributed by atoms with van der Waals surface area (Å²) in [5.41, 5.74) is 2.88. The zero-order chi connectivity index (χ0) is 14.8. The second-order valence-corrected chi connectivity index (χ2v) is 4.05. The largest absolute Gasteiger partial charge is 0.496 e. The predicted molar refractivity (Wildman–Crippen MR) is 76.6 cm³/mol. The summed E-state index contributed by atoms with van der Waals surface area (Å²) in [6.07, 6.45) is 3.22. The minimum Gasteiger partial charge on any atom is -0.496 e. The monoisotopic (exact) mass is 277 g/mol. The van der Waals surface area contributed by atoms with Crippen molar-refractivity contribution in [1.29, 1.82) is 0 Å². The maximum absolute atomic E-state index is 11.4. The van der Waals surface area contributed by atoms with Gasteiger partial charge in [-0.15, -0.1) is 0 Å². The van der Waals surface area contributed by atoms with Crippen molar-refractivity contribution >= 4 is 18.0 Å². The minimum atomic E-state index is -0.785. The fourth-order valence-corrected chi connectivity index (χ4v) is 1.44. The average molecular weight is 277 g/mol. The average Bonchev–Trinajstić information content (AvgIpc) is 2.47. The Morgan fingerprint density at radius 3 is 2.75 bits per heavy atom. The minimum absolute atomic E-state index is 0.485. The van der Waals surface area contributed by atoms with Crippen molar-refractivity contribution in [1.82, 2.24) is 10.7 Å². The predicted octanol–water partition coefficient (Wildman–Crippen LogP) is 1.06. The summed E-state index contributed by atoms with van der Waals surface area (Å²) in [6.45, 7) is 2.49. The van der Waals surface area contributed by atoms with Gasteiger partial charge in [-0.2, -0.15) is 5.10 Å². The fraction of sp³-hybridized carbons (Fsp3) is 0.357. The van der Waals surface area contributed by atoms with Gasteiger partial charge in [-0.25, -0.2) is 5.43 Å². The first-order valence-electron chi connectivity index (χ1n) is 6.43. The van der Waals surface area contributed by atoms with E-state index in [9.17, 15) is 9.59 Å². The number of ether oxygens (including phenoxy) is 1. The highest BCUT2D eigenvalue weighted by Gasteiger charge is 2.11. The van der Waals surface area contributed by atoms with Crippen molar-refractivity contribution < 1.29 is 14.3 Å². The highest BCUT2D eigenvalue weighted by molar-refractivity contribution is 6.35. The number of carbonyl (C=O) groups excluding carboxylic acids is 2. The Kier molecular flexibility index (Phi) is 6.81. The van der Waals surface area contributed by atoms with E-state index in [-0.39, 0.29) is 0 Å². The third kappa shape index (κ3) is 5.09. The molecule has 1 aromatic carbocycles. The molecule has 1 rings (SSSR count). The van der Waals surface area contributed by atoms with Crippen LogP contribution >= 0.6 is 0 Å². The van der Waals surface area contributed by atoms with Gasteiger partial charge in [0, 0.05) is 12.1 Å². The van der Waals surface area contributed by atoms with Gasteiger partial charge in [0.1, 0.15) is 5.75 Å². The van der Waals surface area contributed by atoms with Crippen LogP contribution < -0.4 is 15.5 Å². The first-order valence-corrected chi connectivity index (χ1v) is 6.43. The Labute approximate surface area is 118 Å². The molecule has 0 bridgehead atoms. The zero-order valence-corrected chi connectivity index (χ0v) is 11.7. The molecule has 2 N–H and O–H groups in total. The summed E-state index contributed by atoms with van der Waals surface area (Å²) in [4.78, 5) is 22.8. The maximum Gasteiger partial charge on any atom is 0.329 e. The highest BCUT2D eigenvalue weighted by Crippen LogP contribution is 2.14. The number of carbonyl (C=O) groups is 2. The Morgan fingerprint density at radius 2 is 2.05 bits per heavy atom. The Hall–Kier alpha value is -2.37. The molecular formula is C14H19N3O3. The number of hydrogen-bond donors (Lipinski definition) is 2. The summed E-state index contributed by atoms with van der Waals surface area (Å²) in [6, 6.07) is 7.22. The lowest BCUT2D eigenvalue weighted by Crippen LogP contribution is -2.38. The standard InChI is InChI=1S/C14H19N3O3/c1-3-4-9-15-13(18)14(19)17-16-10-11-7-5-6-8-12(11)20-2/h5-8,10H,3-4,9H2,1-2H3,(H,15,18)(H,17,19)/b16-10-. The van der Waals surface area contributed by atoms with Gasteiger partial charge >= 0.3 is 11.8 Å². The Balaban J connectivity index is 2.47. The molecule has 0 heterocycles. The van der Waals surface area contributed by atoms with E-state index in [0.29, 0.717) is 17.9 Å². The second-order valence-electron chi connectivity index (χ2n) is 4.05. The fourth-order valence-electron chi connectivity index (χ4n) is 1.44. The van der Waals surface area contributed by atoms with Crippen LogP contribution in [0.5, 0.6) is 5.75 Å². The van der Waals surface area contributed by atoms with Crippen LogP contribution in [0.1, 0.15) is 25.3 Å². The van der Waals surface area contributed by atoms with E-state index in [1.54, 1.807) is 19.2 Å². The lowest BCUT2D eigenvalue weighted by molar-refractivity contribution is -0.139. The molecule has 6 nitrogen and oxygen atoms in total. The van der Waals surface area contributed by atoms with E-state index < -0.39 is 11.8 Å². The van der Waals surface area contributed by atoms with Gasteiger partial charge in [0.2, 0.25) is 0 Å². The van der Waals surface area contributed by atoms with Crippen LogP contribution in [0.2, 0.25) is 0 Å². The number of hydrogen-bond acceptors (Lipinski definition) is 4. The van der Waals surface area contributed by atoms with E-state index >= 15 is 0 Å². The lowest BCUT2D eigenvalue weighted by Gasteiger charge is -2.04. The van der Waals surface area contributed by atoms with Gasteiger partial charge in [0.05, 0.1) is 13.3 Å². The third-order valence-electron chi connectivity index (χ3n) is 2.53. The van der Waals surface area contributed by atoms with Crippen LogP contribution in [0.3, 0.4) is 0 Å². The van der Waals surface area contributed by atoms with Crippen molar-refractivity contribution in [2.75, 3.05) is 13.7 Å². The second kappa shape index (κ2) is 8.68. The molecule has 0 fully saturated rings. The number of hydrazone groups is 1. The third-order valence-corrected chi connectivity index (χ3v) is 2.53. The van der Waals surface area contributed by atoms with E-state index in [2.05, 4.69) is 15.8 Å². The number of para-hydroxylation sites is 1. The number of nitrogens with zero attached hydrogens (tertiary/aromatic N) is 1. The van der Waals surface area contributed by atoms with Gasteiger partial charge in [0.25, 0.3) is 0 Å². The molecule has 0 unspecified atom stereocenters. The van der Waals surface area contributed by atoms with Crippen LogP contribution in [-0.2, 0) is 9.59 Å². The van der Waals surface area contributed by atoms with Crippen LogP contribution in [0.25, 0.3) is 0 Å². The molecule has 1 aromatic rings. The molecule has 108 valence electrons. The lowest BCUT2D eigenvalue weighted by atomic mass is 10.2. The number of benzene rings is 1. The first-order chi connectivity index (χ1) is 9.69. The van der Waals surface area contributed by atoms with Crippen LogP contribution in [0.4, 0.5) is 0 Å². The molecule has 0 saturated heterocycles. The Bertz CT molecular complexity index is 486. The normalized spacial score (nSPS) is 10.3. The summed E-state index contributed by atoms with van der Waals surface area (Å²) < 4.78 is 5.13. The van der Waals surface area contributed by atoms with Gasteiger partial charge in [-0.1, -0.05) is 25.5 Å². The quantitative estimate of drug-likeness (QED) is 0.353. The van der Waals surface area contributed by atoms with Gasteiger partial charge < -0.3 is 10.1 Å². The topological polar surface area (TPSA) is 79.8 Å². The molecule has 0 saturated carbocycles. The molecule has 0 aliphatic heterocycles. The molecule has 0 radical (unpaired) electrons. The van der Waals surface area contributed by atoms with Crippen molar-refractivity contribution in [3.63, 3.8) is 0 Å². The SMILES string of the molecule is CCCCNC(=O)C(=O)N/N=C\c1ccccc1OC. The van der Waals surface area contributed by atoms with Crippen molar-refractivity contribution in [3.8, 4) is 5.75 Å². The van der Waals surface area contributed by atoms with E-state index in [1.165, 1.54) is 6.21 Å². The number of nitrogens with one attached hydrogen (secondary N) is 2. The zero-order valence-electron chi connectivity index (χ0n) is 11.7. The van der Waals surface area contributed by atoms with Crippen LogP contribution in [0, 0.1) is 0 Å². The summed E-state index contributed by atoms with van der Waals surface area (Å²) >= 11 is 0. The van der Waals surface area contributed by atoms with Gasteiger partial charge in [-0.3, -0.25) is 9.59 Å². The van der Waals surface area contributed by atoms with Gasteiger partial charge in [-0.05, 0) is 18.6 Å². The van der Waals surface area contributed by atoms with Crippen LogP contribution in [-0.4, -0.2) is 31.7 Å².